The van der Waals surface area contributed by atoms with Gasteiger partial charge in [0.2, 0.25) is 0 Å². The lowest BCUT2D eigenvalue weighted by Crippen LogP contribution is -2.34. The molecule has 2 rings (SSSR count). The van der Waals surface area contributed by atoms with Gasteiger partial charge in [0.25, 0.3) is 0 Å². The molecule has 19 heavy (non-hydrogen) atoms. The molecule has 0 saturated heterocycles. The topological polar surface area (TPSA) is 29.9 Å². The third kappa shape index (κ3) is 3.59. The van der Waals surface area contributed by atoms with E-state index < -0.39 is 0 Å². The Morgan fingerprint density at radius 1 is 1.42 bits per heavy atom. The average Bonchev–Trinajstić information content (AvgIpc) is 2.78. The second-order valence-corrected chi connectivity index (χ2v) is 6.81. The first-order chi connectivity index (χ1) is 9.03. The minimum absolute atomic E-state index is 0.476. The van der Waals surface area contributed by atoms with Gasteiger partial charge in [0, 0.05) is 13.2 Å². The van der Waals surface area contributed by atoms with Crippen LogP contribution in [-0.4, -0.2) is 16.3 Å². The highest BCUT2D eigenvalue weighted by Gasteiger charge is 2.32. The Labute approximate surface area is 117 Å². The minimum Gasteiger partial charge on any atom is -0.308 e. The fraction of sp³-hybridized carbons (Fsp3) is 0.812. The molecule has 1 atom stereocenters. The number of hydrogen-bond donors (Lipinski definition) is 1. The van der Waals surface area contributed by atoms with Gasteiger partial charge in [-0.15, -0.1) is 0 Å². The number of hydrogen-bond acceptors (Lipinski definition) is 2. The maximum atomic E-state index is 4.35. The first-order valence-corrected chi connectivity index (χ1v) is 7.75. The van der Waals surface area contributed by atoms with E-state index in [0.717, 1.165) is 12.5 Å². The molecule has 1 fully saturated rings. The Morgan fingerprint density at radius 2 is 2.11 bits per heavy atom. The van der Waals surface area contributed by atoms with Gasteiger partial charge in [0.05, 0.1) is 11.7 Å². The summed E-state index contributed by atoms with van der Waals surface area (Å²) >= 11 is 0. The van der Waals surface area contributed by atoms with Crippen LogP contribution in [0.1, 0.15) is 64.6 Å². The van der Waals surface area contributed by atoms with Crippen molar-refractivity contribution in [1.29, 1.82) is 0 Å². The van der Waals surface area contributed by atoms with E-state index in [4.69, 9.17) is 0 Å². The van der Waals surface area contributed by atoms with Crippen LogP contribution < -0.4 is 5.32 Å². The summed E-state index contributed by atoms with van der Waals surface area (Å²) in [5, 5.41) is 8.09. The third-order valence-electron chi connectivity index (χ3n) is 4.65. The monoisotopic (exact) mass is 263 g/mol. The van der Waals surface area contributed by atoms with Crippen LogP contribution in [0.5, 0.6) is 0 Å². The van der Waals surface area contributed by atoms with E-state index in [-0.39, 0.29) is 0 Å². The predicted octanol–water partition coefficient (Wildman–Crippen LogP) is 3.68. The van der Waals surface area contributed by atoms with Crippen LogP contribution in [0.25, 0.3) is 0 Å². The van der Waals surface area contributed by atoms with Gasteiger partial charge >= 0.3 is 0 Å². The molecule has 0 aliphatic heterocycles. The Balaban J connectivity index is 2.08. The highest BCUT2D eigenvalue weighted by Crippen LogP contribution is 2.42. The van der Waals surface area contributed by atoms with Crippen molar-refractivity contribution in [3.05, 3.63) is 18.0 Å². The molecule has 0 amide bonds. The molecule has 0 aromatic carbocycles. The largest absolute Gasteiger partial charge is 0.308 e. The highest BCUT2D eigenvalue weighted by atomic mass is 15.3. The Kier molecular flexibility index (Phi) is 4.67. The molecule has 1 aromatic heterocycles. The Morgan fingerprint density at radius 3 is 2.63 bits per heavy atom. The molecule has 0 spiro atoms. The van der Waals surface area contributed by atoms with Crippen molar-refractivity contribution >= 4 is 0 Å². The van der Waals surface area contributed by atoms with Crippen molar-refractivity contribution in [3.63, 3.8) is 0 Å². The fourth-order valence-corrected chi connectivity index (χ4v) is 3.26. The molecular formula is C16H29N3. The van der Waals surface area contributed by atoms with Gasteiger partial charge in [-0.25, -0.2) is 0 Å². The Hall–Kier alpha value is -0.830. The quantitative estimate of drug-likeness (QED) is 0.878. The lowest BCUT2D eigenvalue weighted by Gasteiger charge is -2.38. The zero-order chi connectivity index (χ0) is 13.9. The van der Waals surface area contributed by atoms with E-state index in [1.807, 2.05) is 10.9 Å². The van der Waals surface area contributed by atoms with Crippen molar-refractivity contribution in [3.8, 4) is 0 Å². The summed E-state index contributed by atoms with van der Waals surface area (Å²) in [6.45, 7) is 8.14. The minimum atomic E-state index is 0.476. The lowest BCUT2D eigenvalue weighted by molar-refractivity contribution is 0.158. The summed E-state index contributed by atoms with van der Waals surface area (Å²) in [5.41, 5.74) is 1.89. The van der Waals surface area contributed by atoms with Gasteiger partial charge in [0.15, 0.2) is 0 Å². The van der Waals surface area contributed by atoms with Crippen LogP contribution in [0, 0.1) is 11.3 Å². The summed E-state index contributed by atoms with van der Waals surface area (Å²) in [6.07, 6.45) is 8.47. The molecule has 108 valence electrons. The smallest absolute Gasteiger partial charge is 0.0553 e. The molecule has 1 aromatic rings. The van der Waals surface area contributed by atoms with Gasteiger partial charge in [-0.05, 0) is 56.0 Å². The molecule has 0 radical (unpaired) electrons. The zero-order valence-electron chi connectivity index (χ0n) is 12.9. The summed E-state index contributed by atoms with van der Waals surface area (Å²) in [4.78, 5) is 0. The number of aryl methyl sites for hydroxylation is 1. The maximum absolute atomic E-state index is 4.35. The van der Waals surface area contributed by atoms with E-state index in [9.17, 15) is 0 Å². The first kappa shape index (κ1) is 14.6. The molecule has 0 bridgehead atoms. The van der Waals surface area contributed by atoms with Gasteiger partial charge < -0.3 is 5.32 Å². The number of nitrogens with one attached hydrogen (secondary N) is 1. The predicted molar refractivity (Wildman–Crippen MR) is 80.0 cm³/mol. The zero-order valence-corrected chi connectivity index (χ0v) is 12.9. The first-order valence-electron chi connectivity index (χ1n) is 7.75. The summed E-state index contributed by atoms with van der Waals surface area (Å²) in [7, 11) is 2.06. The highest BCUT2D eigenvalue weighted by molar-refractivity contribution is 5.09. The molecular weight excluding hydrogens is 234 g/mol. The standard InChI is InChI=1S/C16H29N3/c1-5-11-17-15(14-8-12-18-19(14)4)13-6-9-16(2,3)10-7-13/h8,12-13,15,17H,5-7,9-11H2,1-4H3. The van der Waals surface area contributed by atoms with Crippen LogP contribution in [0.3, 0.4) is 0 Å². The van der Waals surface area contributed by atoms with Crippen molar-refractivity contribution < 1.29 is 0 Å². The summed E-state index contributed by atoms with van der Waals surface area (Å²) in [6, 6.07) is 2.65. The van der Waals surface area contributed by atoms with E-state index >= 15 is 0 Å². The van der Waals surface area contributed by atoms with Crippen LogP contribution in [0.15, 0.2) is 12.3 Å². The molecule has 1 aliphatic carbocycles. The molecule has 1 aliphatic rings. The molecule has 1 saturated carbocycles. The fourth-order valence-electron chi connectivity index (χ4n) is 3.26. The molecule has 3 nitrogen and oxygen atoms in total. The van der Waals surface area contributed by atoms with Gasteiger partial charge in [0.1, 0.15) is 0 Å². The Bertz CT molecular complexity index is 384. The van der Waals surface area contributed by atoms with Crippen LogP contribution >= 0.6 is 0 Å². The van der Waals surface area contributed by atoms with Crippen molar-refractivity contribution in [2.45, 2.75) is 58.9 Å². The molecule has 3 heteroatoms. The van der Waals surface area contributed by atoms with Crippen LogP contribution in [-0.2, 0) is 7.05 Å². The van der Waals surface area contributed by atoms with Crippen molar-refractivity contribution in [2.24, 2.45) is 18.4 Å². The van der Waals surface area contributed by atoms with Crippen molar-refractivity contribution in [2.75, 3.05) is 6.54 Å². The number of aromatic nitrogens is 2. The summed E-state index contributed by atoms with van der Waals surface area (Å²) < 4.78 is 2.03. The maximum Gasteiger partial charge on any atom is 0.0553 e. The number of rotatable bonds is 5. The summed E-state index contributed by atoms with van der Waals surface area (Å²) in [5.74, 6) is 0.759. The number of nitrogens with zero attached hydrogens (tertiary/aromatic N) is 2. The molecule has 1 N–H and O–H groups in total. The normalized spacial score (nSPS) is 21.5. The van der Waals surface area contributed by atoms with Crippen LogP contribution in [0.2, 0.25) is 0 Å². The van der Waals surface area contributed by atoms with E-state index in [1.54, 1.807) is 0 Å². The lowest BCUT2D eigenvalue weighted by atomic mass is 9.70. The molecule has 1 unspecified atom stereocenters. The van der Waals surface area contributed by atoms with Gasteiger partial charge in [-0.3, -0.25) is 4.68 Å². The van der Waals surface area contributed by atoms with E-state index in [0.29, 0.717) is 11.5 Å². The van der Waals surface area contributed by atoms with E-state index in [2.05, 4.69) is 44.3 Å². The van der Waals surface area contributed by atoms with E-state index in [1.165, 1.54) is 37.8 Å². The second kappa shape index (κ2) is 6.08. The van der Waals surface area contributed by atoms with Gasteiger partial charge in [-0.2, -0.15) is 5.10 Å². The average molecular weight is 263 g/mol. The van der Waals surface area contributed by atoms with Gasteiger partial charge in [-0.1, -0.05) is 20.8 Å². The molecule has 1 heterocycles. The third-order valence-corrected chi connectivity index (χ3v) is 4.65. The van der Waals surface area contributed by atoms with Crippen molar-refractivity contribution in [1.82, 2.24) is 15.1 Å². The SMILES string of the molecule is CCCNC(c1ccnn1C)C1CCC(C)(C)CC1. The van der Waals surface area contributed by atoms with Crippen LogP contribution in [0.4, 0.5) is 0 Å². The second-order valence-electron chi connectivity index (χ2n) is 6.81.